The lowest BCUT2D eigenvalue weighted by molar-refractivity contribution is 0.0583. The van der Waals surface area contributed by atoms with Gasteiger partial charge in [0.25, 0.3) is 0 Å². The summed E-state index contributed by atoms with van der Waals surface area (Å²) in [4.78, 5) is 14.5. The van der Waals surface area contributed by atoms with Gasteiger partial charge in [-0.2, -0.15) is 5.26 Å². The zero-order valence-corrected chi connectivity index (χ0v) is 17.6. The number of anilines is 1. The lowest BCUT2D eigenvalue weighted by Crippen LogP contribution is -2.38. The number of nitrogens with zero attached hydrogens (tertiary/aromatic N) is 2. The van der Waals surface area contributed by atoms with E-state index in [2.05, 4.69) is 22.5 Å². The zero-order valence-electron chi connectivity index (χ0n) is 16.0. The van der Waals surface area contributed by atoms with Gasteiger partial charge < -0.3 is 9.47 Å². The summed E-state index contributed by atoms with van der Waals surface area (Å²) in [7, 11) is 1.60. The maximum absolute atomic E-state index is 13.0. The average Bonchev–Trinajstić information content (AvgIpc) is 2.58. The summed E-state index contributed by atoms with van der Waals surface area (Å²) in [5.41, 5.74) is 1.06. The third kappa shape index (κ3) is 5.31. The van der Waals surface area contributed by atoms with E-state index in [0.717, 1.165) is 20.8 Å². The Morgan fingerprint density at radius 3 is 2.56 bits per heavy atom. The molecule has 0 aliphatic heterocycles. The van der Waals surface area contributed by atoms with Crippen molar-refractivity contribution < 1.29 is 14.3 Å². The van der Waals surface area contributed by atoms with Crippen molar-refractivity contribution in [1.29, 1.82) is 5.26 Å². The van der Waals surface area contributed by atoms with Crippen LogP contribution in [-0.2, 0) is 16.1 Å². The number of methoxy groups -OCH3 is 1. The molecule has 5 nitrogen and oxygen atoms in total. The van der Waals surface area contributed by atoms with E-state index in [9.17, 15) is 10.1 Å². The minimum Gasteiger partial charge on any atom is -0.443 e. The fourth-order valence-electron chi connectivity index (χ4n) is 2.69. The Morgan fingerprint density at radius 2 is 1.96 bits per heavy atom. The molecule has 0 aromatic heterocycles. The third-order valence-electron chi connectivity index (χ3n) is 3.73. The molecule has 0 saturated carbocycles. The van der Waals surface area contributed by atoms with Gasteiger partial charge in [-0.05, 0) is 38.3 Å². The van der Waals surface area contributed by atoms with E-state index in [4.69, 9.17) is 9.47 Å². The van der Waals surface area contributed by atoms with Crippen molar-refractivity contribution in [2.45, 2.75) is 33.0 Å². The number of carbonyl (C=O) groups is 1. The van der Waals surface area contributed by atoms with Crippen LogP contribution in [0.4, 0.5) is 10.5 Å². The van der Waals surface area contributed by atoms with E-state index >= 15 is 0 Å². The predicted octanol–water partition coefficient (Wildman–Crippen LogP) is 5.57. The van der Waals surface area contributed by atoms with Gasteiger partial charge in [0.05, 0.1) is 24.9 Å². The van der Waals surface area contributed by atoms with Gasteiger partial charge in [-0.15, -0.1) is 0 Å². The molecule has 142 valence electrons. The molecule has 2 aromatic rings. The molecule has 0 N–H and O–H groups in total. The van der Waals surface area contributed by atoms with Gasteiger partial charge in [-0.1, -0.05) is 40.7 Å². The highest BCUT2D eigenvalue weighted by molar-refractivity contribution is 9.10. The maximum atomic E-state index is 13.0. The summed E-state index contributed by atoms with van der Waals surface area (Å²) >= 11 is 3.49. The van der Waals surface area contributed by atoms with Crippen LogP contribution in [0, 0.1) is 11.3 Å². The Labute approximate surface area is 168 Å². The van der Waals surface area contributed by atoms with Crippen molar-refractivity contribution >= 4 is 38.5 Å². The van der Waals surface area contributed by atoms with Crippen molar-refractivity contribution in [3.8, 4) is 6.07 Å². The summed E-state index contributed by atoms with van der Waals surface area (Å²) in [6.07, 6.45) is -0.538. The first-order chi connectivity index (χ1) is 12.7. The molecule has 0 atom stereocenters. The number of nitriles is 1. The highest BCUT2D eigenvalue weighted by Crippen LogP contribution is 2.34. The standard InChI is InChI=1S/C21H23BrN2O3/c1-14(11-23)12-24(20(25)27-21(2,3)4)19-16(13-26-5)7-6-15-8-9-17(22)10-18(15)19/h6-10H,1,12-13H2,2-5H3. The summed E-state index contributed by atoms with van der Waals surface area (Å²) in [5.74, 6) is 0. The molecule has 0 heterocycles. The van der Waals surface area contributed by atoms with Crippen LogP contribution < -0.4 is 4.90 Å². The monoisotopic (exact) mass is 430 g/mol. The van der Waals surface area contributed by atoms with E-state index in [1.54, 1.807) is 27.9 Å². The van der Waals surface area contributed by atoms with Gasteiger partial charge in [0.1, 0.15) is 5.60 Å². The number of halogens is 1. The van der Waals surface area contributed by atoms with Gasteiger partial charge in [-0.25, -0.2) is 4.79 Å². The number of carbonyl (C=O) groups excluding carboxylic acids is 1. The largest absolute Gasteiger partial charge is 0.443 e. The van der Waals surface area contributed by atoms with Crippen LogP contribution in [-0.4, -0.2) is 25.3 Å². The molecule has 27 heavy (non-hydrogen) atoms. The Hall–Kier alpha value is -2.36. The number of fused-ring (bicyclic) bond motifs is 1. The van der Waals surface area contributed by atoms with E-state index < -0.39 is 11.7 Å². The predicted molar refractivity (Wildman–Crippen MR) is 111 cm³/mol. The summed E-state index contributed by atoms with van der Waals surface area (Å²) in [6, 6.07) is 11.7. The highest BCUT2D eigenvalue weighted by Gasteiger charge is 2.27. The minimum absolute atomic E-state index is 0.0355. The number of amides is 1. The highest BCUT2D eigenvalue weighted by atomic mass is 79.9. The number of hydrogen-bond donors (Lipinski definition) is 0. The molecule has 0 saturated heterocycles. The molecule has 2 aromatic carbocycles. The van der Waals surface area contributed by atoms with Gasteiger partial charge in [0.15, 0.2) is 0 Å². The molecule has 2 rings (SSSR count). The lowest BCUT2D eigenvalue weighted by Gasteiger charge is -2.29. The van der Waals surface area contributed by atoms with Crippen LogP contribution >= 0.6 is 15.9 Å². The first-order valence-electron chi connectivity index (χ1n) is 8.44. The van der Waals surface area contributed by atoms with Crippen LogP contribution in [0.2, 0.25) is 0 Å². The molecule has 0 spiro atoms. The SMILES string of the molecule is C=C(C#N)CN(C(=O)OC(C)(C)C)c1c(COC)ccc2ccc(Br)cc12. The summed E-state index contributed by atoms with van der Waals surface area (Å²) < 4.78 is 11.8. The molecule has 0 bridgehead atoms. The quantitative estimate of drug-likeness (QED) is 0.581. The molecule has 0 radical (unpaired) electrons. The summed E-state index contributed by atoms with van der Waals surface area (Å²) in [5, 5.41) is 11.0. The van der Waals surface area contributed by atoms with E-state index in [1.807, 2.05) is 36.4 Å². The van der Waals surface area contributed by atoms with Crippen molar-refractivity contribution in [3.63, 3.8) is 0 Å². The van der Waals surface area contributed by atoms with E-state index in [-0.39, 0.29) is 12.1 Å². The summed E-state index contributed by atoms with van der Waals surface area (Å²) in [6.45, 7) is 9.50. The number of benzene rings is 2. The number of ether oxygens (including phenoxy) is 2. The van der Waals surface area contributed by atoms with Gasteiger partial charge >= 0.3 is 6.09 Å². The van der Waals surface area contributed by atoms with Crippen molar-refractivity contribution in [3.05, 3.63) is 52.5 Å². The number of rotatable bonds is 5. The van der Waals surface area contributed by atoms with Crippen LogP contribution in [0.1, 0.15) is 26.3 Å². The van der Waals surface area contributed by atoms with E-state index in [1.165, 1.54) is 4.90 Å². The molecule has 0 aliphatic carbocycles. The van der Waals surface area contributed by atoms with Crippen LogP contribution in [0.5, 0.6) is 0 Å². The molecule has 6 heteroatoms. The topological polar surface area (TPSA) is 62.6 Å². The van der Waals surface area contributed by atoms with Crippen molar-refractivity contribution in [2.75, 3.05) is 18.6 Å². The Morgan fingerprint density at radius 1 is 1.30 bits per heavy atom. The normalized spacial score (nSPS) is 11.1. The molecule has 0 unspecified atom stereocenters. The maximum Gasteiger partial charge on any atom is 0.415 e. The first-order valence-corrected chi connectivity index (χ1v) is 9.24. The van der Waals surface area contributed by atoms with Crippen LogP contribution in [0.15, 0.2) is 47.0 Å². The Bertz CT molecular complexity index is 910. The van der Waals surface area contributed by atoms with Crippen LogP contribution in [0.25, 0.3) is 10.8 Å². The zero-order chi connectivity index (χ0) is 20.2. The van der Waals surface area contributed by atoms with Crippen molar-refractivity contribution in [1.82, 2.24) is 0 Å². The van der Waals surface area contributed by atoms with Gasteiger partial charge in [-0.3, -0.25) is 4.90 Å². The van der Waals surface area contributed by atoms with Gasteiger partial charge in [0, 0.05) is 28.1 Å². The lowest BCUT2D eigenvalue weighted by atomic mass is 10.0. The molecular formula is C21H23BrN2O3. The fraction of sp³-hybridized carbons (Fsp3) is 0.333. The Balaban J connectivity index is 2.71. The Kier molecular flexibility index (Phi) is 6.63. The van der Waals surface area contributed by atoms with Gasteiger partial charge in [0.2, 0.25) is 0 Å². The third-order valence-corrected chi connectivity index (χ3v) is 4.22. The number of hydrogen-bond acceptors (Lipinski definition) is 4. The average molecular weight is 431 g/mol. The molecule has 1 amide bonds. The second-order valence-electron chi connectivity index (χ2n) is 7.15. The minimum atomic E-state index is -0.671. The second kappa shape index (κ2) is 8.55. The smallest absolute Gasteiger partial charge is 0.415 e. The first kappa shape index (κ1) is 20.9. The molecule has 0 aliphatic rings. The van der Waals surface area contributed by atoms with E-state index in [0.29, 0.717) is 12.3 Å². The second-order valence-corrected chi connectivity index (χ2v) is 8.07. The van der Waals surface area contributed by atoms with Crippen molar-refractivity contribution in [2.24, 2.45) is 0 Å². The molecular weight excluding hydrogens is 408 g/mol. The fourth-order valence-corrected chi connectivity index (χ4v) is 3.05. The van der Waals surface area contributed by atoms with Crippen LogP contribution in [0.3, 0.4) is 0 Å². The molecule has 0 fully saturated rings.